The van der Waals surface area contributed by atoms with Gasteiger partial charge < -0.3 is 9.64 Å². The van der Waals surface area contributed by atoms with E-state index in [9.17, 15) is 35.9 Å². The van der Waals surface area contributed by atoms with Crippen LogP contribution in [0.4, 0.5) is 26.3 Å². The molecule has 0 aromatic heterocycles. The Morgan fingerprint density at radius 3 is 2.25 bits per heavy atom. The molecular weight excluding hydrogens is 488 g/mol. The van der Waals surface area contributed by atoms with E-state index in [1.807, 2.05) is 0 Å². The molecule has 0 aliphatic heterocycles. The molecule has 36 heavy (non-hydrogen) atoms. The van der Waals surface area contributed by atoms with Crippen LogP contribution in [-0.4, -0.2) is 42.6 Å². The predicted octanol–water partition coefficient (Wildman–Crippen LogP) is 6.53. The molecule has 2 aliphatic rings. The molecule has 0 bridgehead atoms. The van der Waals surface area contributed by atoms with E-state index in [2.05, 4.69) is 0 Å². The Bertz CT molecular complexity index is 1050. The molecule has 2 aliphatic carbocycles. The Kier molecular flexibility index (Phi) is 8.25. The molecule has 2 atom stereocenters. The summed E-state index contributed by atoms with van der Waals surface area (Å²) in [5.41, 5.74) is -1.50. The quantitative estimate of drug-likeness (QED) is 0.291. The number of amides is 1. The van der Waals surface area contributed by atoms with Crippen LogP contribution >= 0.6 is 0 Å². The molecule has 1 aromatic carbocycles. The number of carbonyl (C=O) groups is 2. The van der Waals surface area contributed by atoms with Crippen LogP contribution in [0.3, 0.4) is 0 Å². The maximum atomic E-state index is 13.8. The van der Waals surface area contributed by atoms with E-state index in [1.54, 1.807) is 13.8 Å². The highest BCUT2D eigenvalue weighted by Gasteiger charge is 2.39. The highest BCUT2D eigenvalue weighted by molar-refractivity contribution is 5.81. The van der Waals surface area contributed by atoms with Crippen LogP contribution in [0.25, 0.3) is 0 Å². The molecule has 1 saturated carbocycles. The summed E-state index contributed by atoms with van der Waals surface area (Å²) in [6.07, 6.45) is -6.23. The third-order valence-electron chi connectivity index (χ3n) is 6.53. The maximum absolute atomic E-state index is 13.8. The number of hydrogen-bond acceptors (Lipinski definition) is 3. The number of alkyl halides is 6. The van der Waals surface area contributed by atoms with E-state index >= 15 is 0 Å². The molecule has 1 amide bonds. The van der Waals surface area contributed by atoms with Crippen molar-refractivity contribution in [3.05, 3.63) is 58.2 Å². The van der Waals surface area contributed by atoms with Gasteiger partial charge in [0.15, 0.2) is 0 Å². The molecule has 2 unspecified atom stereocenters. The summed E-state index contributed by atoms with van der Waals surface area (Å²) in [6, 6.07) is 3.19. The standard InChI is InChI=1S/C26H29F6NO3/c1-4-33(23(34)16-6-7-16)14-19-13-20(25(27,28)29)8-9-22(19)18-10-17(15(3)24(35)36-5-2)11-21(12-18)26(30,31)32/h8,10-13,15-16,22H,4-7,9,14H2,1-3H3. The van der Waals surface area contributed by atoms with Crippen molar-refractivity contribution in [2.45, 2.75) is 64.2 Å². The topological polar surface area (TPSA) is 46.6 Å². The van der Waals surface area contributed by atoms with Gasteiger partial charge in [-0.2, -0.15) is 26.3 Å². The van der Waals surface area contributed by atoms with Crippen molar-refractivity contribution in [2.24, 2.45) is 5.92 Å². The molecule has 10 heteroatoms. The number of ether oxygens (including phenoxy) is 1. The molecule has 1 fully saturated rings. The second-order valence-corrected chi connectivity index (χ2v) is 9.15. The fraction of sp³-hybridized carbons (Fsp3) is 0.538. The van der Waals surface area contributed by atoms with Crippen LogP contribution in [0, 0.1) is 5.92 Å². The van der Waals surface area contributed by atoms with Crippen LogP contribution in [0.1, 0.15) is 68.6 Å². The predicted molar refractivity (Wildman–Crippen MR) is 121 cm³/mol. The van der Waals surface area contributed by atoms with Gasteiger partial charge in [0.2, 0.25) is 5.91 Å². The minimum absolute atomic E-state index is 0.0530. The molecule has 3 rings (SSSR count). The Balaban J connectivity index is 2.06. The van der Waals surface area contributed by atoms with E-state index < -0.39 is 41.3 Å². The van der Waals surface area contributed by atoms with Gasteiger partial charge in [-0.05, 0) is 74.9 Å². The van der Waals surface area contributed by atoms with Crippen LogP contribution in [0.15, 0.2) is 41.5 Å². The van der Waals surface area contributed by atoms with Crippen molar-refractivity contribution in [1.82, 2.24) is 4.90 Å². The van der Waals surface area contributed by atoms with Crippen LogP contribution in [0.2, 0.25) is 0 Å². The number of halogens is 6. The maximum Gasteiger partial charge on any atom is 0.416 e. The minimum Gasteiger partial charge on any atom is -0.466 e. The van der Waals surface area contributed by atoms with Crippen molar-refractivity contribution in [3.63, 3.8) is 0 Å². The molecule has 1 aromatic rings. The van der Waals surface area contributed by atoms with Gasteiger partial charge >= 0.3 is 18.3 Å². The van der Waals surface area contributed by atoms with Crippen molar-refractivity contribution >= 4 is 11.9 Å². The molecule has 0 radical (unpaired) electrons. The fourth-order valence-corrected chi connectivity index (χ4v) is 4.31. The SMILES string of the molecule is CCOC(=O)C(C)c1cc(C2CC=C(C(F)(F)F)C=C2CN(CC)C(=O)C2CC2)cc(C(F)(F)F)c1. The monoisotopic (exact) mass is 517 g/mol. The third-order valence-corrected chi connectivity index (χ3v) is 6.53. The first kappa shape index (κ1) is 27.8. The molecule has 198 valence electrons. The van der Waals surface area contributed by atoms with Gasteiger partial charge in [-0.15, -0.1) is 0 Å². The number of carbonyl (C=O) groups excluding carboxylic acids is 2. The van der Waals surface area contributed by atoms with Gasteiger partial charge in [0.05, 0.1) is 23.7 Å². The van der Waals surface area contributed by atoms with Gasteiger partial charge in [0, 0.05) is 24.9 Å². The van der Waals surface area contributed by atoms with E-state index in [0.717, 1.165) is 24.3 Å². The van der Waals surface area contributed by atoms with Crippen LogP contribution in [0.5, 0.6) is 0 Å². The lowest BCUT2D eigenvalue weighted by Gasteiger charge is -2.31. The lowest BCUT2D eigenvalue weighted by molar-refractivity contribution is -0.145. The highest BCUT2D eigenvalue weighted by atomic mass is 19.4. The average molecular weight is 518 g/mol. The highest BCUT2D eigenvalue weighted by Crippen LogP contribution is 2.42. The summed E-state index contributed by atoms with van der Waals surface area (Å²) in [4.78, 5) is 26.4. The minimum atomic E-state index is -4.73. The first-order valence-corrected chi connectivity index (χ1v) is 11.9. The zero-order valence-electron chi connectivity index (χ0n) is 20.3. The number of hydrogen-bond donors (Lipinski definition) is 0. The summed E-state index contributed by atoms with van der Waals surface area (Å²) in [5, 5.41) is 0. The van der Waals surface area contributed by atoms with Crippen molar-refractivity contribution in [1.29, 1.82) is 0 Å². The Morgan fingerprint density at radius 1 is 1.06 bits per heavy atom. The van der Waals surface area contributed by atoms with E-state index in [1.165, 1.54) is 17.9 Å². The van der Waals surface area contributed by atoms with Crippen molar-refractivity contribution in [3.8, 4) is 0 Å². The average Bonchev–Trinajstić information content (AvgIpc) is 3.65. The number of benzene rings is 1. The summed E-state index contributed by atoms with van der Waals surface area (Å²) >= 11 is 0. The lowest BCUT2D eigenvalue weighted by atomic mass is 9.80. The van der Waals surface area contributed by atoms with E-state index in [0.29, 0.717) is 12.8 Å². The van der Waals surface area contributed by atoms with Gasteiger partial charge in [0.1, 0.15) is 0 Å². The first-order chi connectivity index (χ1) is 16.8. The largest absolute Gasteiger partial charge is 0.466 e. The summed E-state index contributed by atoms with van der Waals surface area (Å²) < 4.78 is 86.8. The van der Waals surface area contributed by atoms with Crippen LogP contribution < -0.4 is 0 Å². The Hall–Kier alpha value is -2.78. The Morgan fingerprint density at radius 2 is 1.72 bits per heavy atom. The van der Waals surface area contributed by atoms with Crippen LogP contribution in [-0.2, 0) is 20.5 Å². The molecular formula is C26H29F6NO3. The lowest BCUT2D eigenvalue weighted by Crippen LogP contribution is -2.35. The van der Waals surface area contributed by atoms with Gasteiger partial charge in [-0.3, -0.25) is 9.59 Å². The molecule has 0 saturated heterocycles. The number of allylic oxidation sites excluding steroid dienone is 3. The second kappa shape index (κ2) is 10.7. The second-order valence-electron chi connectivity index (χ2n) is 9.15. The molecule has 0 heterocycles. The summed E-state index contributed by atoms with van der Waals surface area (Å²) in [5.74, 6) is -2.86. The zero-order chi connectivity index (χ0) is 26.8. The molecule has 0 spiro atoms. The van der Waals surface area contributed by atoms with Gasteiger partial charge in [-0.1, -0.05) is 12.1 Å². The summed E-state index contributed by atoms with van der Waals surface area (Å²) in [6.45, 7) is 4.90. The normalized spacial score (nSPS) is 19.3. The molecule has 4 nitrogen and oxygen atoms in total. The summed E-state index contributed by atoms with van der Waals surface area (Å²) in [7, 11) is 0. The zero-order valence-corrected chi connectivity index (χ0v) is 20.3. The van der Waals surface area contributed by atoms with E-state index in [4.69, 9.17) is 4.74 Å². The van der Waals surface area contributed by atoms with Gasteiger partial charge in [-0.25, -0.2) is 0 Å². The number of likely N-dealkylation sites (N-methyl/N-ethyl adjacent to an activating group) is 1. The van der Waals surface area contributed by atoms with Crippen molar-refractivity contribution < 1.29 is 40.7 Å². The first-order valence-electron chi connectivity index (χ1n) is 11.9. The third kappa shape index (κ3) is 6.50. The van der Waals surface area contributed by atoms with E-state index in [-0.39, 0.29) is 54.6 Å². The Labute approximate surface area is 206 Å². The number of nitrogens with zero attached hydrogens (tertiary/aromatic N) is 1. The van der Waals surface area contributed by atoms with Gasteiger partial charge in [0.25, 0.3) is 0 Å². The fourth-order valence-electron chi connectivity index (χ4n) is 4.31. The van der Waals surface area contributed by atoms with Crippen molar-refractivity contribution in [2.75, 3.05) is 19.7 Å². The number of rotatable bonds is 8. The number of esters is 1. The molecule has 0 N–H and O–H groups in total. The smallest absolute Gasteiger partial charge is 0.416 e.